The van der Waals surface area contributed by atoms with E-state index in [1.54, 1.807) is 29.8 Å². The number of hydrogen-bond acceptors (Lipinski definition) is 2. The molecule has 4 heteroatoms. The van der Waals surface area contributed by atoms with Gasteiger partial charge in [-0.25, -0.2) is 9.36 Å². The average molecular weight is 292 g/mol. The van der Waals surface area contributed by atoms with E-state index >= 15 is 0 Å². The van der Waals surface area contributed by atoms with E-state index in [-0.39, 0.29) is 11.2 Å². The van der Waals surface area contributed by atoms with Gasteiger partial charge in [0.15, 0.2) is 0 Å². The molecule has 0 spiro atoms. The van der Waals surface area contributed by atoms with Crippen LogP contribution in [0.15, 0.2) is 76.4 Å². The number of para-hydroxylation sites is 1. The summed E-state index contributed by atoms with van der Waals surface area (Å²) in [4.78, 5) is 25.0. The van der Waals surface area contributed by atoms with E-state index < -0.39 is 0 Å². The van der Waals surface area contributed by atoms with E-state index in [2.05, 4.69) is 0 Å². The van der Waals surface area contributed by atoms with E-state index in [1.807, 2.05) is 48.5 Å². The van der Waals surface area contributed by atoms with Crippen molar-refractivity contribution in [2.24, 2.45) is 0 Å². The van der Waals surface area contributed by atoms with Crippen LogP contribution in [0.25, 0.3) is 5.69 Å². The van der Waals surface area contributed by atoms with Gasteiger partial charge in [-0.15, -0.1) is 0 Å². The monoisotopic (exact) mass is 292 g/mol. The fourth-order valence-electron chi connectivity index (χ4n) is 2.43. The number of hydrogen-bond donors (Lipinski definition) is 0. The number of nitrogens with zero attached hydrogens (tertiary/aromatic N) is 2. The SMILES string of the molecule is Cc1cn(Cc2ccccc2)c(=O)n(-c2ccccc2)c1=O. The lowest BCUT2D eigenvalue weighted by Crippen LogP contribution is -2.39. The lowest BCUT2D eigenvalue weighted by Gasteiger charge is -2.11. The van der Waals surface area contributed by atoms with Crippen LogP contribution in [-0.2, 0) is 6.54 Å². The van der Waals surface area contributed by atoms with Gasteiger partial charge in [0.1, 0.15) is 0 Å². The number of aryl methyl sites for hydroxylation is 1. The Balaban J connectivity index is 2.16. The zero-order valence-corrected chi connectivity index (χ0v) is 12.3. The van der Waals surface area contributed by atoms with Gasteiger partial charge >= 0.3 is 5.69 Å². The molecule has 0 aliphatic rings. The first-order chi connectivity index (χ1) is 10.7. The maximum absolute atomic E-state index is 12.7. The summed E-state index contributed by atoms with van der Waals surface area (Å²) in [6, 6.07) is 18.7. The first-order valence-electron chi connectivity index (χ1n) is 7.09. The Labute approximate surface area is 127 Å². The van der Waals surface area contributed by atoms with Crippen LogP contribution in [0.3, 0.4) is 0 Å². The molecule has 0 unspecified atom stereocenters. The van der Waals surface area contributed by atoms with Crippen molar-refractivity contribution in [1.82, 2.24) is 9.13 Å². The highest BCUT2D eigenvalue weighted by Crippen LogP contribution is 2.04. The van der Waals surface area contributed by atoms with Gasteiger partial charge in [0.05, 0.1) is 12.2 Å². The molecule has 0 aliphatic carbocycles. The molecular weight excluding hydrogens is 276 g/mol. The molecule has 0 atom stereocenters. The Morgan fingerprint density at radius 3 is 2.09 bits per heavy atom. The second-order valence-electron chi connectivity index (χ2n) is 5.18. The summed E-state index contributed by atoms with van der Waals surface area (Å²) >= 11 is 0. The van der Waals surface area contributed by atoms with Crippen molar-refractivity contribution < 1.29 is 0 Å². The molecule has 1 aromatic heterocycles. The highest BCUT2D eigenvalue weighted by atomic mass is 16.2. The zero-order chi connectivity index (χ0) is 15.5. The molecule has 2 aromatic carbocycles. The molecule has 0 N–H and O–H groups in total. The van der Waals surface area contributed by atoms with Crippen LogP contribution >= 0.6 is 0 Å². The molecule has 0 saturated heterocycles. The summed E-state index contributed by atoms with van der Waals surface area (Å²) in [6.07, 6.45) is 1.62. The number of aromatic nitrogens is 2. The minimum absolute atomic E-state index is 0.277. The summed E-state index contributed by atoms with van der Waals surface area (Å²) < 4.78 is 2.79. The quantitative estimate of drug-likeness (QED) is 0.744. The highest BCUT2D eigenvalue weighted by molar-refractivity contribution is 5.32. The minimum Gasteiger partial charge on any atom is -0.295 e. The summed E-state index contributed by atoms with van der Waals surface area (Å²) in [6.45, 7) is 2.16. The van der Waals surface area contributed by atoms with Crippen LogP contribution in [0.4, 0.5) is 0 Å². The van der Waals surface area contributed by atoms with Gasteiger partial charge < -0.3 is 0 Å². The number of rotatable bonds is 3. The van der Waals surface area contributed by atoms with Gasteiger partial charge in [-0.05, 0) is 24.6 Å². The van der Waals surface area contributed by atoms with Gasteiger partial charge in [0.25, 0.3) is 5.56 Å². The van der Waals surface area contributed by atoms with Crippen molar-refractivity contribution in [3.8, 4) is 5.69 Å². The molecule has 0 radical (unpaired) electrons. The molecule has 110 valence electrons. The fraction of sp³-hybridized carbons (Fsp3) is 0.111. The van der Waals surface area contributed by atoms with Gasteiger partial charge in [0.2, 0.25) is 0 Å². The third-order valence-electron chi connectivity index (χ3n) is 3.54. The van der Waals surface area contributed by atoms with Crippen molar-refractivity contribution >= 4 is 0 Å². The zero-order valence-electron chi connectivity index (χ0n) is 12.3. The second kappa shape index (κ2) is 5.85. The van der Waals surface area contributed by atoms with Crippen LogP contribution in [0.2, 0.25) is 0 Å². The molecule has 3 rings (SSSR count). The van der Waals surface area contributed by atoms with E-state index in [0.717, 1.165) is 5.56 Å². The predicted molar refractivity (Wildman–Crippen MR) is 86.6 cm³/mol. The summed E-state index contributed by atoms with van der Waals surface area (Å²) in [7, 11) is 0. The summed E-state index contributed by atoms with van der Waals surface area (Å²) in [5.41, 5.74) is 1.54. The highest BCUT2D eigenvalue weighted by Gasteiger charge is 2.10. The maximum atomic E-state index is 12.7. The normalized spacial score (nSPS) is 10.6. The Kier molecular flexibility index (Phi) is 3.74. The average Bonchev–Trinajstić information content (AvgIpc) is 2.55. The predicted octanol–water partition coefficient (Wildman–Crippen LogP) is 2.36. The molecule has 0 saturated carbocycles. The van der Waals surface area contributed by atoms with Gasteiger partial charge in [0, 0.05) is 11.8 Å². The van der Waals surface area contributed by atoms with Crippen molar-refractivity contribution in [3.63, 3.8) is 0 Å². The third kappa shape index (κ3) is 2.63. The Morgan fingerprint density at radius 2 is 1.45 bits per heavy atom. The number of benzene rings is 2. The second-order valence-corrected chi connectivity index (χ2v) is 5.18. The van der Waals surface area contributed by atoms with Gasteiger partial charge in [-0.3, -0.25) is 9.36 Å². The van der Waals surface area contributed by atoms with E-state index in [0.29, 0.717) is 17.8 Å². The van der Waals surface area contributed by atoms with E-state index in [1.165, 1.54) is 4.57 Å². The molecule has 0 aliphatic heterocycles. The summed E-state index contributed by atoms with van der Waals surface area (Å²) in [5.74, 6) is 0. The molecule has 0 amide bonds. The Hall–Kier alpha value is -2.88. The maximum Gasteiger partial charge on any atom is 0.335 e. The molecule has 4 nitrogen and oxygen atoms in total. The summed E-state index contributed by atoms with van der Waals surface area (Å²) in [5, 5.41) is 0. The Morgan fingerprint density at radius 1 is 0.864 bits per heavy atom. The standard InChI is InChI=1S/C18H16N2O2/c1-14-12-19(13-15-8-4-2-5-9-15)18(22)20(17(14)21)16-10-6-3-7-11-16/h2-12H,13H2,1H3. The van der Waals surface area contributed by atoms with Crippen molar-refractivity contribution in [2.45, 2.75) is 13.5 Å². The van der Waals surface area contributed by atoms with E-state index in [9.17, 15) is 9.59 Å². The van der Waals surface area contributed by atoms with Crippen LogP contribution in [0.5, 0.6) is 0 Å². The van der Waals surface area contributed by atoms with Gasteiger partial charge in [-0.1, -0.05) is 48.5 Å². The van der Waals surface area contributed by atoms with Crippen LogP contribution in [-0.4, -0.2) is 9.13 Å². The minimum atomic E-state index is -0.328. The molecule has 0 fully saturated rings. The van der Waals surface area contributed by atoms with Crippen molar-refractivity contribution in [3.05, 3.63) is 98.8 Å². The van der Waals surface area contributed by atoms with Gasteiger partial charge in [-0.2, -0.15) is 0 Å². The van der Waals surface area contributed by atoms with Crippen LogP contribution in [0, 0.1) is 6.92 Å². The van der Waals surface area contributed by atoms with Crippen LogP contribution in [0.1, 0.15) is 11.1 Å². The first-order valence-corrected chi connectivity index (χ1v) is 7.09. The van der Waals surface area contributed by atoms with Crippen LogP contribution < -0.4 is 11.2 Å². The fourth-order valence-corrected chi connectivity index (χ4v) is 2.43. The topological polar surface area (TPSA) is 44.0 Å². The largest absolute Gasteiger partial charge is 0.335 e. The lowest BCUT2D eigenvalue weighted by molar-refractivity contribution is 0.674. The molecule has 3 aromatic rings. The third-order valence-corrected chi connectivity index (χ3v) is 3.54. The molecule has 22 heavy (non-hydrogen) atoms. The molecule has 1 heterocycles. The smallest absolute Gasteiger partial charge is 0.295 e. The van der Waals surface area contributed by atoms with E-state index in [4.69, 9.17) is 0 Å². The lowest BCUT2D eigenvalue weighted by atomic mass is 10.2. The first kappa shape index (κ1) is 14.1. The van der Waals surface area contributed by atoms with Crippen molar-refractivity contribution in [2.75, 3.05) is 0 Å². The molecule has 0 bridgehead atoms. The molecular formula is C18H16N2O2. The van der Waals surface area contributed by atoms with Crippen molar-refractivity contribution in [1.29, 1.82) is 0 Å². The Bertz CT molecular complexity index is 894.